The highest BCUT2D eigenvalue weighted by Crippen LogP contribution is 2.36. The molecule has 3 rings (SSSR count). The summed E-state index contributed by atoms with van der Waals surface area (Å²) in [5, 5.41) is 9.02. The van der Waals surface area contributed by atoms with Crippen molar-refractivity contribution >= 4 is 23.3 Å². The van der Waals surface area contributed by atoms with Crippen LogP contribution in [0.5, 0.6) is 0 Å². The number of rotatable bonds is 7. The zero-order valence-electron chi connectivity index (χ0n) is 17.7. The second-order valence-corrected chi connectivity index (χ2v) is 11.0. The first kappa shape index (κ1) is 22.2. The van der Waals surface area contributed by atoms with Crippen LogP contribution in [0.3, 0.4) is 0 Å². The molecule has 1 fully saturated rings. The van der Waals surface area contributed by atoms with Crippen LogP contribution >= 0.6 is 0 Å². The zero-order valence-corrected chi connectivity index (χ0v) is 18.5. The Labute approximate surface area is 176 Å². The van der Waals surface area contributed by atoms with Crippen molar-refractivity contribution in [1.29, 1.82) is 0 Å². The summed E-state index contributed by atoms with van der Waals surface area (Å²) in [6.07, 6.45) is 6.51. The number of aryl methyl sites for hydroxylation is 1. The van der Waals surface area contributed by atoms with Crippen molar-refractivity contribution < 1.29 is 19.2 Å². The molecule has 3 atom stereocenters. The Morgan fingerprint density at radius 3 is 2.86 bits per heavy atom. The van der Waals surface area contributed by atoms with Crippen molar-refractivity contribution in [2.24, 2.45) is 0 Å². The standard InChI is InChI=1S/C21H33N3O4S/c1-21(2,3)29(27)24-17(10-9-16-7-6-12-22-19(16)24)8-4-5-14-28-18-11-13-23(15-18)20(25)26/h6-7,12,17-18H,4-5,8-11,13-15H2,1-3H3,(H,25,26)/t17?,18-,29?/m1/s1. The highest BCUT2D eigenvalue weighted by molar-refractivity contribution is 7.94. The number of anilines is 1. The summed E-state index contributed by atoms with van der Waals surface area (Å²) in [5.41, 5.74) is 1.17. The average molecular weight is 424 g/mol. The van der Waals surface area contributed by atoms with Gasteiger partial charge in [-0.05, 0) is 70.9 Å². The monoisotopic (exact) mass is 423 g/mol. The van der Waals surface area contributed by atoms with Gasteiger partial charge in [-0.3, -0.25) is 0 Å². The van der Waals surface area contributed by atoms with Gasteiger partial charge >= 0.3 is 6.09 Å². The molecule has 3 heterocycles. The van der Waals surface area contributed by atoms with Crippen molar-refractivity contribution in [3.8, 4) is 0 Å². The molecular formula is C21H33N3O4S. The smallest absolute Gasteiger partial charge is 0.407 e. The Kier molecular flexibility index (Phi) is 7.29. The largest absolute Gasteiger partial charge is 0.592 e. The third-order valence-corrected chi connectivity index (χ3v) is 7.43. The van der Waals surface area contributed by atoms with Crippen LogP contribution in [0.4, 0.5) is 10.6 Å². The zero-order chi connectivity index (χ0) is 21.0. The molecule has 2 unspecified atom stereocenters. The molecule has 162 valence electrons. The lowest BCUT2D eigenvalue weighted by atomic mass is 9.97. The lowest BCUT2D eigenvalue weighted by Gasteiger charge is -2.41. The van der Waals surface area contributed by atoms with E-state index in [0.29, 0.717) is 19.7 Å². The quantitative estimate of drug-likeness (QED) is 0.532. The molecular weight excluding hydrogens is 390 g/mol. The van der Waals surface area contributed by atoms with Crippen LogP contribution in [0, 0.1) is 0 Å². The molecule has 0 bridgehead atoms. The number of likely N-dealkylation sites (tertiary alicyclic amines) is 1. The Morgan fingerprint density at radius 2 is 2.17 bits per heavy atom. The second-order valence-electron chi connectivity index (χ2n) is 8.87. The number of aromatic nitrogens is 1. The maximum absolute atomic E-state index is 13.3. The molecule has 1 aromatic heterocycles. The summed E-state index contributed by atoms with van der Waals surface area (Å²) in [4.78, 5) is 17.0. The van der Waals surface area contributed by atoms with Gasteiger partial charge in [0.2, 0.25) is 0 Å². The summed E-state index contributed by atoms with van der Waals surface area (Å²) < 4.78 is 20.8. The van der Waals surface area contributed by atoms with Gasteiger partial charge in [0.25, 0.3) is 0 Å². The van der Waals surface area contributed by atoms with Crippen molar-refractivity contribution in [3.63, 3.8) is 0 Å². The Morgan fingerprint density at radius 1 is 1.38 bits per heavy atom. The minimum Gasteiger partial charge on any atom is -0.592 e. The van der Waals surface area contributed by atoms with Gasteiger partial charge in [0.05, 0.1) is 30.1 Å². The summed E-state index contributed by atoms with van der Waals surface area (Å²) in [6.45, 7) is 7.69. The van der Waals surface area contributed by atoms with Crippen molar-refractivity contribution in [3.05, 3.63) is 23.9 Å². The normalized spacial score (nSPS) is 23.2. The molecule has 1 saturated heterocycles. The number of unbranched alkanes of at least 4 members (excludes halogenated alkanes) is 1. The molecule has 0 aliphatic carbocycles. The van der Waals surface area contributed by atoms with E-state index < -0.39 is 17.5 Å². The molecule has 1 N–H and O–H groups in total. The topological polar surface area (TPSA) is 89.0 Å². The Hall–Kier alpha value is -1.51. The number of pyridine rings is 1. The third kappa shape index (κ3) is 5.55. The van der Waals surface area contributed by atoms with Crippen molar-refractivity contribution in [2.75, 3.05) is 24.0 Å². The van der Waals surface area contributed by atoms with Crippen LogP contribution in [0.1, 0.15) is 58.4 Å². The van der Waals surface area contributed by atoms with Gasteiger partial charge in [-0.2, -0.15) is 4.31 Å². The van der Waals surface area contributed by atoms with Crippen molar-refractivity contribution in [2.45, 2.75) is 76.2 Å². The number of carbonyl (C=O) groups is 1. The molecule has 7 nitrogen and oxygen atoms in total. The number of hydrogen-bond acceptors (Lipinski definition) is 5. The minimum atomic E-state index is -1.15. The summed E-state index contributed by atoms with van der Waals surface area (Å²) in [6, 6.07) is 4.25. The lowest BCUT2D eigenvalue weighted by molar-refractivity contribution is 0.0558. The van der Waals surface area contributed by atoms with Crippen LogP contribution < -0.4 is 4.31 Å². The van der Waals surface area contributed by atoms with Crippen molar-refractivity contribution in [1.82, 2.24) is 9.88 Å². The van der Waals surface area contributed by atoms with Gasteiger partial charge in [0, 0.05) is 19.3 Å². The molecule has 29 heavy (non-hydrogen) atoms. The van der Waals surface area contributed by atoms with Gasteiger partial charge in [0.1, 0.15) is 4.75 Å². The van der Waals surface area contributed by atoms with E-state index in [-0.39, 0.29) is 16.9 Å². The summed E-state index contributed by atoms with van der Waals surface area (Å²) in [7, 11) is 0. The van der Waals surface area contributed by atoms with E-state index in [2.05, 4.69) is 11.1 Å². The van der Waals surface area contributed by atoms with Crippen LogP contribution in [0.2, 0.25) is 0 Å². The maximum Gasteiger partial charge on any atom is 0.407 e. The van der Waals surface area contributed by atoms with Gasteiger partial charge in [-0.15, -0.1) is 0 Å². The molecule has 2 aliphatic heterocycles. The Balaban J connectivity index is 1.51. The van der Waals surface area contributed by atoms with E-state index in [1.165, 1.54) is 10.5 Å². The van der Waals surface area contributed by atoms with Crippen LogP contribution in [-0.4, -0.2) is 62.2 Å². The van der Waals surface area contributed by atoms with E-state index in [1.54, 1.807) is 6.20 Å². The second kappa shape index (κ2) is 9.53. The lowest BCUT2D eigenvalue weighted by Crippen LogP contribution is -2.51. The molecule has 0 saturated carbocycles. The molecule has 2 aliphatic rings. The number of fused-ring (bicyclic) bond motifs is 1. The number of ether oxygens (including phenoxy) is 1. The highest BCUT2D eigenvalue weighted by atomic mass is 32.2. The van der Waals surface area contributed by atoms with E-state index in [1.807, 2.05) is 31.1 Å². The van der Waals surface area contributed by atoms with Crippen LogP contribution in [0.25, 0.3) is 0 Å². The van der Waals surface area contributed by atoms with E-state index in [0.717, 1.165) is 44.3 Å². The van der Waals surface area contributed by atoms with E-state index in [4.69, 9.17) is 9.84 Å². The number of hydrogen-bond donors (Lipinski definition) is 1. The average Bonchev–Trinajstić information content (AvgIpc) is 3.15. The molecule has 0 aromatic carbocycles. The fraction of sp³-hybridized carbons (Fsp3) is 0.714. The van der Waals surface area contributed by atoms with Gasteiger partial charge in [-0.25, -0.2) is 9.78 Å². The Bertz CT molecular complexity index is 697. The number of amides is 1. The molecule has 1 amide bonds. The first-order valence-corrected chi connectivity index (χ1v) is 11.6. The minimum absolute atomic E-state index is 0.0155. The molecule has 0 spiro atoms. The first-order valence-electron chi connectivity index (χ1n) is 10.5. The molecule has 1 aromatic rings. The van der Waals surface area contributed by atoms with E-state index in [9.17, 15) is 9.35 Å². The van der Waals surface area contributed by atoms with Gasteiger partial charge in [0.15, 0.2) is 5.82 Å². The highest BCUT2D eigenvalue weighted by Gasteiger charge is 2.41. The first-order chi connectivity index (χ1) is 13.8. The van der Waals surface area contributed by atoms with Crippen LogP contribution in [0.15, 0.2) is 18.3 Å². The fourth-order valence-corrected chi connectivity index (χ4v) is 5.37. The number of carboxylic acid groups (broad SMARTS) is 1. The van der Waals surface area contributed by atoms with E-state index >= 15 is 0 Å². The van der Waals surface area contributed by atoms with Gasteiger partial charge < -0.3 is 19.3 Å². The van der Waals surface area contributed by atoms with Crippen LogP contribution in [-0.2, 0) is 22.5 Å². The van der Waals surface area contributed by atoms with Gasteiger partial charge in [-0.1, -0.05) is 6.07 Å². The number of nitrogens with zero attached hydrogens (tertiary/aromatic N) is 3. The molecule has 8 heteroatoms. The third-order valence-electron chi connectivity index (χ3n) is 5.56. The maximum atomic E-state index is 13.3. The summed E-state index contributed by atoms with van der Waals surface area (Å²) >= 11 is -1.15. The predicted octanol–water partition coefficient (Wildman–Crippen LogP) is 3.60. The molecule has 0 radical (unpaired) electrons. The predicted molar refractivity (Wildman–Crippen MR) is 115 cm³/mol. The summed E-state index contributed by atoms with van der Waals surface area (Å²) in [5.74, 6) is 0.868. The fourth-order valence-electron chi connectivity index (χ4n) is 3.98. The SMILES string of the molecule is CC(C)(C)[S+]([O-])N1c2ncccc2CCC1CCCCO[C@@H]1CCN(C(=O)O)C1.